The quantitative estimate of drug-likeness (QED) is 0.831. The Bertz CT molecular complexity index is 542. The summed E-state index contributed by atoms with van der Waals surface area (Å²) >= 11 is 3.27. The molecule has 0 saturated heterocycles. The second-order valence-electron chi connectivity index (χ2n) is 5.25. The average Bonchev–Trinajstić information content (AvgIpc) is 2.28. The molecule has 4 nitrogen and oxygen atoms in total. The maximum absolute atomic E-state index is 12.6. The van der Waals surface area contributed by atoms with Gasteiger partial charge in [0.15, 0.2) is 0 Å². The summed E-state index contributed by atoms with van der Waals surface area (Å²) in [6, 6.07) is 4.65. The zero-order valence-electron chi connectivity index (χ0n) is 11.7. The van der Waals surface area contributed by atoms with Crippen molar-refractivity contribution in [2.75, 3.05) is 12.3 Å². The van der Waals surface area contributed by atoms with Crippen molar-refractivity contribution in [2.45, 2.75) is 38.6 Å². The van der Waals surface area contributed by atoms with Crippen molar-refractivity contribution in [1.29, 1.82) is 0 Å². The third kappa shape index (κ3) is 3.94. The van der Waals surface area contributed by atoms with Crippen molar-refractivity contribution in [2.24, 2.45) is 5.92 Å². The lowest BCUT2D eigenvalue weighted by atomic mass is 10.2. The number of nitrogens with two attached hydrogens (primary N) is 1. The van der Waals surface area contributed by atoms with Gasteiger partial charge in [-0.05, 0) is 53.9 Å². The van der Waals surface area contributed by atoms with Gasteiger partial charge in [-0.25, -0.2) is 8.42 Å². The summed E-state index contributed by atoms with van der Waals surface area (Å²) in [5, 5.41) is 0. The molecule has 2 N–H and O–H groups in total. The number of nitrogen functional groups attached to an aromatic ring is 1. The number of benzene rings is 1. The maximum atomic E-state index is 12.6. The summed E-state index contributed by atoms with van der Waals surface area (Å²) in [5.41, 5.74) is 6.19. The molecule has 0 bridgehead atoms. The number of sulfonamides is 1. The highest BCUT2D eigenvalue weighted by molar-refractivity contribution is 9.10. The van der Waals surface area contributed by atoms with Gasteiger partial charge in [-0.2, -0.15) is 4.31 Å². The Hall–Kier alpha value is -0.590. The van der Waals surface area contributed by atoms with Crippen molar-refractivity contribution in [3.63, 3.8) is 0 Å². The van der Waals surface area contributed by atoms with Crippen LogP contribution in [0.1, 0.15) is 27.7 Å². The fourth-order valence-electron chi connectivity index (χ4n) is 1.76. The fourth-order valence-corrected chi connectivity index (χ4v) is 3.85. The lowest BCUT2D eigenvalue weighted by Crippen LogP contribution is -2.39. The summed E-state index contributed by atoms with van der Waals surface area (Å²) in [6.45, 7) is 8.25. The normalized spacial score (nSPS) is 12.6. The number of halogens is 1. The molecule has 0 fully saturated rings. The zero-order valence-corrected chi connectivity index (χ0v) is 14.1. The van der Waals surface area contributed by atoms with E-state index in [1.165, 1.54) is 10.4 Å². The second kappa shape index (κ2) is 6.24. The van der Waals surface area contributed by atoms with Crippen LogP contribution in [0.2, 0.25) is 0 Å². The molecule has 0 spiro atoms. The number of hydrogen-bond acceptors (Lipinski definition) is 3. The van der Waals surface area contributed by atoms with Gasteiger partial charge in [-0.3, -0.25) is 0 Å². The van der Waals surface area contributed by atoms with Crippen LogP contribution in [0.4, 0.5) is 5.69 Å². The van der Waals surface area contributed by atoms with E-state index in [4.69, 9.17) is 5.73 Å². The SMILES string of the molecule is CC(C)CN(C(C)C)S(=O)(=O)c1ccc(Br)c(N)c1. The topological polar surface area (TPSA) is 63.4 Å². The van der Waals surface area contributed by atoms with Crippen LogP contribution in [0.25, 0.3) is 0 Å². The predicted octanol–water partition coefficient (Wildman–Crippen LogP) is 3.09. The van der Waals surface area contributed by atoms with Gasteiger partial charge >= 0.3 is 0 Å². The minimum absolute atomic E-state index is 0.0859. The van der Waals surface area contributed by atoms with Crippen molar-refractivity contribution in [1.82, 2.24) is 4.31 Å². The van der Waals surface area contributed by atoms with Crippen LogP contribution in [-0.2, 0) is 10.0 Å². The minimum atomic E-state index is -3.50. The molecule has 0 saturated carbocycles. The van der Waals surface area contributed by atoms with E-state index in [1.807, 2.05) is 27.7 Å². The molecule has 1 aromatic rings. The lowest BCUT2D eigenvalue weighted by molar-refractivity contribution is 0.319. The number of rotatable bonds is 5. The van der Waals surface area contributed by atoms with Gasteiger partial charge < -0.3 is 5.73 Å². The van der Waals surface area contributed by atoms with Crippen LogP contribution in [0.15, 0.2) is 27.6 Å². The van der Waals surface area contributed by atoms with E-state index in [0.29, 0.717) is 16.7 Å². The number of anilines is 1. The zero-order chi connectivity index (χ0) is 14.8. The maximum Gasteiger partial charge on any atom is 0.243 e. The van der Waals surface area contributed by atoms with Gasteiger partial charge in [-0.1, -0.05) is 13.8 Å². The molecule has 0 heterocycles. The molecule has 0 amide bonds. The largest absolute Gasteiger partial charge is 0.398 e. The Balaban J connectivity index is 3.22. The summed E-state index contributed by atoms with van der Waals surface area (Å²) in [7, 11) is -3.50. The molecule has 1 aromatic carbocycles. The third-order valence-corrected chi connectivity index (χ3v) is 5.46. The first kappa shape index (κ1) is 16.5. The monoisotopic (exact) mass is 348 g/mol. The Morgan fingerprint density at radius 3 is 2.26 bits per heavy atom. The Labute approximate surface area is 124 Å². The first-order valence-corrected chi connectivity index (χ1v) is 8.46. The summed E-state index contributed by atoms with van der Waals surface area (Å²) in [6.07, 6.45) is 0. The molecule has 0 radical (unpaired) electrons. The highest BCUT2D eigenvalue weighted by Gasteiger charge is 2.27. The molecule has 6 heteroatoms. The van der Waals surface area contributed by atoms with Crippen LogP contribution in [0, 0.1) is 5.92 Å². The van der Waals surface area contributed by atoms with Crippen molar-refractivity contribution in [3.8, 4) is 0 Å². The van der Waals surface area contributed by atoms with Gasteiger partial charge in [0.25, 0.3) is 0 Å². The first-order chi connectivity index (χ1) is 8.66. The first-order valence-electron chi connectivity index (χ1n) is 6.23. The smallest absolute Gasteiger partial charge is 0.243 e. The van der Waals surface area contributed by atoms with Crippen LogP contribution in [0.5, 0.6) is 0 Å². The van der Waals surface area contributed by atoms with Crippen molar-refractivity contribution < 1.29 is 8.42 Å². The molecule has 108 valence electrons. The van der Waals surface area contributed by atoms with Crippen LogP contribution in [-0.4, -0.2) is 25.3 Å². The number of hydrogen-bond donors (Lipinski definition) is 1. The average molecular weight is 349 g/mol. The molecular weight excluding hydrogens is 328 g/mol. The highest BCUT2D eigenvalue weighted by Crippen LogP contribution is 2.26. The van der Waals surface area contributed by atoms with Crippen LogP contribution >= 0.6 is 15.9 Å². The minimum Gasteiger partial charge on any atom is -0.398 e. The van der Waals surface area contributed by atoms with E-state index in [2.05, 4.69) is 15.9 Å². The van der Waals surface area contributed by atoms with Crippen molar-refractivity contribution in [3.05, 3.63) is 22.7 Å². The van der Waals surface area contributed by atoms with E-state index < -0.39 is 10.0 Å². The molecule has 1 rings (SSSR count). The predicted molar refractivity (Wildman–Crippen MR) is 82.4 cm³/mol. The third-order valence-electron chi connectivity index (χ3n) is 2.70. The molecule has 0 aliphatic rings. The van der Waals surface area contributed by atoms with E-state index in [0.717, 1.165) is 0 Å². The second-order valence-corrected chi connectivity index (χ2v) is 7.99. The fraction of sp³-hybridized carbons (Fsp3) is 0.538. The van der Waals surface area contributed by atoms with Gasteiger partial charge in [0.1, 0.15) is 0 Å². The number of nitrogens with zero attached hydrogens (tertiary/aromatic N) is 1. The van der Waals surface area contributed by atoms with Gasteiger partial charge in [-0.15, -0.1) is 0 Å². The van der Waals surface area contributed by atoms with Gasteiger partial charge in [0.2, 0.25) is 10.0 Å². The Kier molecular flexibility index (Phi) is 5.41. The molecule has 0 unspecified atom stereocenters. The van der Waals surface area contributed by atoms with E-state index in [1.54, 1.807) is 12.1 Å². The van der Waals surface area contributed by atoms with Gasteiger partial charge in [0.05, 0.1) is 4.90 Å². The van der Waals surface area contributed by atoms with Crippen molar-refractivity contribution >= 4 is 31.6 Å². The molecule has 0 atom stereocenters. The summed E-state index contributed by atoms with van der Waals surface area (Å²) in [5.74, 6) is 0.268. The summed E-state index contributed by atoms with van der Waals surface area (Å²) < 4.78 is 27.5. The standard InChI is InChI=1S/C13H21BrN2O2S/c1-9(2)8-16(10(3)4)19(17,18)11-5-6-12(14)13(15)7-11/h5-7,9-10H,8,15H2,1-4H3. The molecule has 19 heavy (non-hydrogen) atoms. The van der Waals surface area contributed by atoms with Crippen LogP contribution < -0.4 is 5.73 Å². The van der Waals surface area contributed by atoms with E-state index in [9.17, 15) is 8.42 Å². The lowest BCUT2D eigenvalue weighted by Gasteiger charge is -2.27. The molecular formula is C13H21BrN2O2S. The van der Waals surface area contributed by atoms with E-state index >= 15 is 0 Å². The molecule has 0 aliphatic carbocycles. The Morgan fingerprint density at radius 2 is 1.84 bits per heavy atom. The Morgan fingerprint density at radius 1 is 1.26 bits per heavy atom. The van der Waals surface area contributed by atoms with Gasteiger partial charge in [0, 0.05) is 22.7 Å². The van der Waals surface area contributed by atoms with E-state index in [-0.39, 0.29) is 16.9 Å². The summed E-state index contributed by atoms with van der Waals surface area (Å²) in [4.78, 5) is 0.238. The molecule has 0 aliphatic heterocycles. The highest BCUT2D eigenvalue weighted by atomic mass is 79.9. The molecule has 0 aromatic heterocycles. The van der Waals surface area contributed by atoms with Crippen LogP contribution in [0.3, 0.4) is 0 Å².